The van der Waals surface area contributed by atoms with Crippen molar-refractivity contribution >= 4 is 0 Å². The molecule has 62 valence electrons. The average Bonchev–Trinajstić information content (AvgIpc) is 2.37. The smallest absolute Gasteiger partial charge is 0.177 e. The van der Waals surface area contributed by atoms with Gasteiger partial charge in [-0.1, -0.05) is 8.96 Å². The number of alkyl halides is 2. The number of halogens is 4. The summed E-state index contributed by atoms with van der Waals surface area (Å²) < 4.78 is 46.9. The van der Waals surface area contributed by atoms with E-state index in [0.29, 0.717) is 0 Å². The van der Waals surface area contributed by atoms with E-state index in [0.717, 1.165) is 0 Å². The molecule has 1 N–H and O–H groups in total. The van der Waals surface area contributed by atoms with Crippen LogP contribution in [0, 0.1) is 0 Å². The zero-order valence-corrected chi connectivity index (χ0v) is 4.80. The van der Waals surface area contributed by atoms with E-state index < -0.39 is 17.2 Å². The zero-order valence-electron chi connectivity index (χ0n) is 4.80. The summed E-state index contributed by atoms with van der Waals surface area (Å²) in [6, 6.07) is -4.49. The zero-order chi connectivity index (χ0) is 8.48. The summed E-state index contributed by atoms with van der Waals surface area (Å²) in [5, 5.41) is 7.40. The van der Waals surface area contributed by atoms with Gasteiger partial charge < -0.3 is 0 Å². The fraction of sp³-hybridized carbons (Fsp3) is 0.500. The van der Waals surface area contributed by atoms with Crippen molar-refractivity contribution in [2.75, 3.05) is 0 Å². The number of H-pyrrole nitrogens is 1. The van der Waals surface area contributed by atoms with Gasteiger partial charge in [0, 0.05) is 0 Å². The predicted octanol–water partition coefficient (Wildman–Crippen LogP) is 0.320. The minimum Gasteiger partial charge on any atom is -0.177 e. The van der Waals surface area contributed by atoms with Crippen LogP contribution >= 0.6 is 0 Å². The van der Waals surface area contributed by atoms with Crippen LogP contribution in [-0.2, 0) is 6.05 Å². The maximum atomic E-state index is 12.1. The van der Waals surface area contributed by atoms with E-state index >= 15 is 0 Å². The number of hydrogen-bond acceptors (Lipinski definition) is 4. The van der Waals surface area contributed by atoms with Gasteiger partial charge in [-0.3, -0.25) is 0 Å². The number of rotatable bonds is 2. The third-order valence-corrected chi connectivity index (χ3v) is 0.827. The van der Waals surface area contributed by atoms with Crippen molar-refractivity contribution in [1.82, 2.24) is 26.0 Å². The molecule has 0 unspecified atom stereocenters. The molecule has 0 aromatic carbocycles. The summed E-state index contributed by atoms with van der Waals surface area (Å²) in [4.78, 5) is 0. The van der Waals surface area contributed by atoms with Gasteiger partial charge in [0.05, 0.1) is 5.34 Å². The Bertz CT molecular complexity index is 218. The van der Waals surface area contributed by atoms with Crippen molar-refractivity contribution in [2.45, 2.75) is 6.05 Å². The van der Waals surface area contributed by atoms with E-state index in [1.807, 2.05) is 0 Å². The Morgan fingerprint density at radius 1 is 1.36 bits per heavy atom. The Morgan fingerprint density at radius 3 is 2.36 bits per heavy atom. The molecule has 1 heterocycles. The normalized spacial score (nSPS) is 12.5. The topological polar surface area (TPSA) is 57.7 Å². The van der Waals surface area contributed by atoms with Crippen LogP contribution in [0.4, 0.5) is 17.7 Å². The van der Waals surface area contributed by atoms with Gasteiger partial charge >= 0.3 is 6.05 Å². The Kier molecular flexibility index (Phi) is 1.72. The Labute approximate surface area is 56.9 Å². The highest BCUT2D eigenvalue weighted by molar-refractivity contribution is 4.85. The maximum absolute atomic E-state index is 12.1. The second kappa shape index (κ2) is 2.42. The minimum absolute atomic E-state index is 1.37. The molecule has 0 amide bonds. The minimum atomic E-state index is -4.49. The van der Waals surface area contributed by atoms with Crippen molar-refractivity contribution in [3.05, 3.63) is 5.82 Å². The molecular formula is C2HF4N5. The number of aromatic amines is 1. The van der Waals surface area contributed by atoms with Crippen LogP contribution < -0.4 is 0 Å². The van der Waals surface area contributed by atoms with Crippen LogP contribution in [0.2, 0.25) is 0 Å². The molecule has 1 aromatic heterocycles. The van der Waals surface area contributed by atoms with Crippen LogP contribution in [-0.4, -0.2) is 26.0 Å². The number of nitrogens with one attached hydrogen (secondary N) is 1. The van der Waals surface area contributed by atoms with Crippen LogP contribution in [0.25, 0.3) is 0 Å². The first-order valence-electron chi connectivity index (χ1n) is 2.28. The fourth-order valence-electron chi connectivity index (χ4n) is 0.365. The first-order chi connectivity index (χ1) is 5.05. The number of hydrogen-bond donors (Lipinski definition) is 1. The standard InChI is InChI=1S/C2HF4N5/c3-2(4,11(5)6)1-7-9-10-8-1/h(H,7,8,9,10). The lowest BCUT2D eigenvalue weighted by Gasteiger charge is -2.09. The summed E-state index contributed by atoms with van der Waals surface area (Å²) >= 11 is 0. The third-order valence-electron chi connectivity index (χ3n) is 0.827. The fourth-order valence-corrected chi connectivity index (χ4v) is 0.365. The molecule has 0 fully saturated rings. The van der Waals surface area contributed by atoms with Crippen molar-refractivity contribution in [3.8, 4) is 0 Å². The molecule has 1 rings (SSSR count). The molecule has 9 heteroatoms. The SMILES string of the molecule is FN(F)C(F)(F)c1nn[nH]n1. The lowest BCUT2D eigenvalue weighted by atomic mass is 10.5. The van der Waals surface area contributed by atoms with Gasteiger partial charge in [0.15, 0.2) is 0 Å². The molecule has 0 atom stereocenters. The number of tetrazole rings is 1. The highest BCUT2D eigenvalue weighted by Gasteiger charge is 2.46. The van der Waals surface area contributed by atoms with E-state index in [2.05, 4.69) is 15.4 Å². The van der Waals surface area contributed by atoms with E-state index in [1.165, 1.54) is 0 Å². The molecule has 0 bridgehead atoms. The summed E-state index contributed by atoms with van der Waals surface area (Å²) in [5.74, 6) is -1.37. The maximum Gasteiger partial charge on any atom is 0.421 e. The van der Waals surface area contributed by atoms with Crippen molar-refractivity contribution in [3.63, 3.8) is 0 Å². The van der Waals surface area contributed by atoms with E-state index in [9.17, 15) is 17.7 Å². The molecule has 0 saturated heterocycles. The second-order valence-corrected chi connectivity index (χ2v) is 1.51. The summed E-state index contributed by atoms with van der Waals surface area (Å²) in [6.45, 7) is 0. The van der Waals surface area contributed by atoms with Crippen molar-refractivity contribution in [1.29, 1.82) is 0 Å². The van der Waals surface area contributed by atoms with Gasteiger partial charge in [0.1, 0.15) is 0 Å². The van der Waals surface area contributed by atoms with Gasteiger partial charge in [-0.05, 0) is 5.21 Å². The lowest BCUT2D eigenvalue weighted by Crippen LogP contribution is -2.27. The molecule has 1 aromatic rings. The summed E-state index contributed by atoms with van der Waals surface area (Å²) in [7, 11) is 0. The van der Waals surface area contributed by atoms with Crippen molar-refractivity contribution in [2.24, 2.45) is 0 Å². The third kappa shape index (κ3) is 1.27. The monoisotopic (exact) mass is 171 g/mol. The Morgan fingerprint density at radius 2 is 2.00 bits per heavy atom. The summed E-state index contributed by atoms with van der Waals surface area (Å²) in [6.07, 6.45) is 0. The average molecular weight is 171 g/mol. The quantitative estimate of drug-likeness (QED) is 0.395. The molecular weight excluding hydrogens is 170 g/mol. The van der Waals surface area contributed by atoms with Gasteiger partial charge in [0.2, 0.25) is 0 Å². The van der Waals surface area contributed by atoms with E-state index in [1.54, 1.807) is 5.21 Å². The highest BCUT2D eigenvalue weighted by atomic mass is 19.4. The molecule has 5 nitrogen and oxygen atoms in total. The Hall–Kier alpha value is -1.25. The molecule has 0 aliphatic carbocycles. The van der Waals surface area contributed by atoms with Gasteiger partial charge in [-0.15, -0.1) is 10.2 Å². The predicted molar refractivity (Wildman–Crippen MR) is 22.1 cm³/mol. The molecule has 11 heavy (non-hydrogen) atoms. The van der Waals surface area contributed by atoms with E-state index in [4.69, 9.17) is 0 Å². The lowest BCUT2D eigenvalue weighted by molar-refractivity contribution is -0.344. The largest absolute Gasteiger partial charge is 0.421 e. The molecule has 0 aliphatic heterocycles. The van der Waals surface area contributed by atoms with Gasteiger partial charge in [-0.2, -0.15) is 14.0 Å². The van der Waals surface area contributed by atoms with Gasteiger partial charge in [0.25, 0.3) is 5.82 Å². The van der Waals surface area contributed by atoms with Crippen LogP contribution in [0.1, 0.15) is 5.82 Å². The second-order valence-electron chi connectivity index (χ2n) is 1.51. The van der Waals surface area contributed by atoms with Crippen LogP contribution in [0.3, 0.4) is 0 Å². The molecule has 0 radical (unpaired) electrons. The summed E-state index contributed by atoms with van der Waals surface area (Å²) in [5.41, 5.74) is 0. The van der Waals surface area contributed by atoms with Crippen LogP contribution in [0.5, 0.6) is 0 Å². The number of nitrogens with zero attached hydrogens (tertiary/aromatic N) is 4. The molecule has 0 spiro atoms. The molecule has 0 aliphatic rings. The first-order valence-corrected chi connectivity index (χ1v) is 2.28. The van der Waals surface area contributed by atoms with Crippen LogP contribution in [0.15, 0.2) is 0 Å². The highest BCUT2D eigenvalue weighted by Crippen LogP contribution is 2.29. The van der Waals surface area contributed by atoms with E-state index in [-0.39, 0.29) is 0 Å². The Balaban J connectivity index is 2.90. The van der Waals surface area contributed by atoms with Crippen molar-refractivity contribution < 1.29 is 17.7 Å². The number of aromatic nitrogens is 4. The molecule has 0 saturated carbocycles. The van der Waals surface area contributed by atoms with Gasteiger partial charge in [-0.25, -0.2) is 0 Å². The first kappa shape index (κ1) is 7.85.